The lowest BCUT2D eigenvalue weighted by molar-refractivity contribution is 0.0857. The standard InChI is InChI=1S/C17H28N4O3S/c1-5-21(6-2)25(23,24)14-9-10-16(20-11-7-8-12-20)15(13-14)17(22)18-19(3)4/h9-10,13H,5-8,11-12H2,1-4H3,(H,18,22). The average Bonchev–Trinajstić information content (AvgIpc) is 3.08. The third-order valence-corrected chi connectivity index (χ3v) is 6.37. The average molecular weight is 369 g/mol. The molecule has 1 amide bonds. The van der Waals surface area contributed by atoms with Gasteiger partial charge in [0.25, 0.3) is 5.91 Å². The van der Waals surface area contributed by atoms with E-state index in [1.54, 1.807) is 45.1 Å². The molecule has 140 valence electrons. The number of hydrogen-bond donors (Lipinski definition) is 1. The summed E-state index contributed by atoms with van der Waals surface area (Å²) < 4.78 is 27.0. The van der Waals surface area contributed by atoms with E-state index in [1.165, 1.54) is 10.4 Å². The molecule has 0 aromatic heterocycles. The molecule has 0 unspecified atom stereocenters. The lowest BCUT2D eigenvalue weighted by atomic mass is 10.1. The summed E-state index contributed by atoms with van der Waals surface area (Å²) in [6.45, 7) is 6.16. The highest BCUT2D eigenvalue weighted by Crippen LogP contribution is 2.28. The van der Waals surface area contributed by atoms with Crippen molar-refractivity contribution in [3.63, 3.8) is 0 Å². The van der Waals surface area contributed by atoms with Crippen LogP contribution in [0, 0.1) is 0 Å². The number of hydrazine groups is 1. The molecule has 8 heteroatoms. The van der Waals surface area contributed by atoms with Gasteiger partial charge in [-0.2, -0.15) is 4.31 Å². The van der Waals surface area contributed by atoms with Crippen molar-refractivity contribution in [1.82, 2.24) is 14.7 Å². The van der Waals surface area contributed by atoms with Gasteiger partial charge in [-0.3, -0.25) is 10.2 Å². The van der Waals surface area contributed by atoms with Gasteiger partial charge in [0.05, 0.1) is 10.5 Å². The van der Waals surface area contributed by atoms with Gasteiger partial charge in [0.2, 0.25) is 10.0 Å². The number of sulfonamides is 1. The summed E-state index contributed by atoms with van der Waals surface area (Å²) in [4.78, 5) is 14.9. The van der Waals surface area contributed by atoms with Crippen LogP contribution < -0.4 is 10.3 Å². The second-order valence-corrected chi connectivity index (χ2v) is 8.24. The van der Waals surface area contributed by atoms with Gasteiger partial charge in [-0.15, -0.1) is 0 Å². The Morgan fingerprint density at radius 2 is 1.76 bits per heavy atom. The fraction of sp³-hybridized carbons (Fsp3) is 0.588. The van der Waals surface area contributed by atoms with Crippen LogP contribution in [0.15, 0.2) is 23.1 Å². The summed E-state index contributed by atoms with van der Waals surface area (Å²) in [5.74, 6) is -0.302. The fourth-order valence-electron chi connectivity index (χ4n) is 3.07. The number of nitrogens with zero attached hydrogens (tertiary/aromatic N) is 3. The van der Waals surface area contributed by atoms with Crippen molar-refractivity contribution in [3.8, 4) is 0 Å². The van der Waals surface area contributed by atoms with Crippen LogP contribution in [0.25, 0.3) is 0 Å². The Morgan fingerprint density at radius 1 is 1.16 bits per heavy atom. The minimum Gasteiger partial charge on any atom is -0.371 e. The molecule has 1 fully saturated rings. The fourth-order valence-corrected chi connectivity index (χ4v) is 4.55. The van der Waals surface area contributed by atoms with Gasteiger partial charge in [-0.05, 0) is 31.0 Å². The molecular weight excluding hydrogens is 340 g/mol. The molecule has 25 heavy (non-hydrogen) atoms. The van der Waals surface area contributed by atoms with Crippen LogP contribution in [0.1, 0.15) is 37.0 Å². The van der Waals surface area contributed by atoms with Crippen molar-refractivity contribution in [3.05, 3.63) is 23.8 Å². The number of carbonyl (C=O) groups excluding carboxylic acids is 1. The summed E-state index contributed by atoms with van der Waals surface area (Å²) in [6.07, 6.45) is 2.16. The van der Waals surface area contributed by atoms with Crippen LogP contribution >= 0.6 is 0 Å². The van der Waals surface area contributed by atoms with Crippen molar-refractivity contribution < 1.29 is 13.2 Å². The molecule has 1 heterocycles. The Balaban J connectivity index is 2.49. The molecule has 1 aromatic rings. The number of nitrogens with one attached hydrogen (secondary N) is 1. The van der Waals surface area contributed by atoms with Gasteiger partial charge in [0.15, 0.2) is 0 Å². The van der Waals surface area contributed by atoms with E-state index in [0.717, 1.165) is 31.6 Å². The van der Waals surface area contributed by atoms with Crippen molar-refractivity contribution in [2.45, 2.75) is 31.6 Å². The predicted octanol–water partition coefficient (Wildman–Crippen LogP) is 1.52. The second kappa shape index (κ2) is 8.16. The minimum absolute atomic E-state index is 0.156. The van der Waals surface area contributed by atoms with E-state index in [0.29, 0.717) is 18.7 Å². The Bertz CT molecular complexity index is 709. The van der Waals surface area contributed by atoms with E-state index < -0.39 is 10.0 Å². The lowest BCUT2D eigenvalue weighted by Gasteiger charge is -2.24. The lowest BCUT2D eigenvalue weighted by Crippen LogP contribution is -2.37. The quantitative estimate of drug-likeness (QED) is 0.739. The molecule has 1 N–H and O–H groups in total. The summed E-state index contributed by atoms with van der Waals surface area (Å²) in [6, 6.07) is 4.86. The summed E-state index contributed by atoms with van der Waals surface area (Å²) >= 11 is 0. The number of hydrogen-bond acceptors (Lipinski definition) is 5. The number of rotatable bonds is 7. The van der Waals surface area contributed by atoms with E-state index in [1.807, 2.05) is 0 Å². The third-order valence-electron chi connectivity index (χ3n) is 4.33. The highest BCUT2D eigenvalue weighted by molar-refractivity contribution is 7.89. The maximum atomic E-state index is 12.8. The maximum Gasteiger partial charge on any atom is 0.267 e. The summed E-state index contributed by atoms with van der Waals surface area (Å²) in [7, 11) is -0.153. The minimum atomic E-state index is -3.60. The molecule has 1 aliphatic heterocycles. The van der Waals surface area contributed by atoms with Crippen molar-refractivity contribution in [1.29, 1.82) is 0 Å². The number of amides is 1. The van der Waals surface area contributed by atoms with Crippen molar-refractivity contribution in [2.24, 2.45) is 0 Å². The summed E-state index contributed by atoms with van der Waals surface area (Å²) in [5.41, 5.74) is 3.90. The molecule has 0 aliphatic carbocycles. The van der Waals surface area contributed by atoms with Crippen molar-refractivity contribution >= 4 is 21.6 Å². The van der Waals surface area contributed by atoms with E-state index in [2.05, 4.69) is 10.3 Å². The summed E-state index contributed by atoms with van der Waals surface area (Å²) in [5, 5.41) is 1.56. The normalized spacial score (nSPS) is 15.2. The predicted molar refractivity (Wildman–Crippen MR) is 99.1 cm³/mol. The first-order valence-corrected chi connectivity index (χ1v) is 10.1. The van der Waals surface area contributed by atoms with Crippen LogP contribution in [0.5, 0.6) is 0 Å². The van der Waals surface area contributed by atoms with Crippen LogP contribution in [0.3, 0.4) is 0 Å². The van der Waals surface area contributed by atoms with Crippen LogP contribution in [0.2, 0.25) is 0 Å². The largest absolute Gasteiger partial charge is 0.371 e. The zero-order valence-corrected chi connectivity index (χ0v) is 16.3. The first-order chi connectivity index (χ1) is 11.8. The van der Waals surface area contributed by atoms with Gasteiger partial charge < -0.3 is 4.90 Å². The van der Waals surface area contributed by atoms with Crippen molar-refractivity contribution in [2.75, 3.05) is 45.2 Å². The van der Waals surface area contributed by atoms with Gasteiger partial charge >= 0.3 is 0 Å². The highest BCUT2D eigenvalue weighted by Gasteiger charge is 2.26. The topological polar surface area (TPSA) is 73.0 Å². The first-order valence-electron chi connectivity index (χ1n) is 8.68. The molecule has 0 radical (unpaired) electrons. The first kappa shape index (κ1) is 19.7. The molecule has 1 aromatic carbocycles. The molecule has 0 saturated carbocycles. The number of anilines is 1. The Hall–Kier alpha value is -1.64. The third kappa shape index (κ3) is 4.31. The smallest absolute Gasteiger partial charge is 0.267 e. The highest BCUT2D eigenvalue weighted by atomic mass is 32.2. The van der Waals surface area contributed by atoms with Gasteiger partial charge in [-0.25, -0.2) is 13.4 Å². The van der Waals surface area contributed by atoms with E-state index in [-0.39, 0.29) is 10.8 Å². The Kier molecular flexibility index (Phi) is 6.42. The van der Waals surface area contributed by atoms with Crippen LogP contribution in [-0.4, -0.2) is 63.9 Å². The van der Waals surface area contributed by atoms with Gasteiger partial charge in [0, 0.05) is 46.0 Å². The molecule has 1 saturated heterocycles. The molecule has 1 aliphatic rings. The zero-order chi connectivity index (χ0) is 18.6. The molecule has 0 atom stereocenters. The maximum absolute atomic E-state index is 12.8. The van der Waals surface area contributed by atoms with Crippen LogP contribution in [-0.2, 0) is 10.0 Å². The Morgan fingerprint density at radius 3 is 2.28 bits per heavy atom. The van der Waals surface area contributed by atoms with Crippen LogP contribution in [0.4, 0.5) is 5.69 Å². The number of benzene rings is 1. The number of carbonyl (C=O) groups is 1. The van der Waals surface area contributed by atoms with Gasteiger partial charge in [-0.1, -0.05) is 13.8 Å². The van der Waals surface area contributed by atoms with Gasteiger partial charge in [0.1, 0.15) is 0 Å². The Labute approximate surface area is 150 Å². The molecule has 2 rings (SSSR count). The SMILES string of the molecule is CCN(CC)S(=O)(=O)c1ccc(N2CCCC2)c(C(=O)NN(C)C)c1. The zero-order valence-electron chi connectivity index (χ0n) is 15.4. The van der Waals surface area contributed by atoms with E-state index >= 15 is 0 Å². The van der Waals surface area contributed by atoms with E-state index in [9.17, 15) is 13.2 Å². The molecule has 7 nitrogen and oxygen atoms in total. The van der Waals surface area contributed by atoms with E-state index in [4.69, 9.17) is 0 Å². The molecule has 0 bridgehead atoms. The molecule has 0 spiro atoms. The molecular formula is C17H28N4O3S. The second-order valence-electron chi connectivity index (χ2n) is 6.30. The monoisotopic (exact) mass is 368 g/mol.